The van der Waals surface area contributed by atoms with Crippen LogP contribution >= 0.6 is 0 Å². The van der Waals surface area contributed by atoms with Gasteiger partial charge in [-0.25, -0.2) is 4.90 Å². The van der Waals surface area contributed by atoms with Crippen LogP contribution in [0.25, 0.3) is 10.8 Å². The van der Waals surface area contributed by atoms with Gasteiger partial charge in [-0.3, -0.25) is 24.2 Å². The molecule has 0 saturated carbocycles. The Morgan fingerprint density at radius 3 is 1.72 bits per heavy atom. The Balaban J connectivity index is 1.57. The van der Waals surface area contributed by atoms with Crippen molar-refractivity contribution in [3.63, 3.8) is 0 Å². The highest BCUT2D eigenvalue weighted by molar-refractivity contribution is 6.33. The highest BCUT2D eigenvalue weighted by atomic mass is 16.5. The number of ether oxygens (including phenoxy) is 1. The molecule has 202 valence electrons. The van der Waals surface area contributed by atoms with Crippen molar-refractivity contribution < 1.29 is 23.9 Å². The molecule has 0 saturated heterocycles. The summed E-state index contributed by atoms with van der Waals surface area (Å²) in [6.07, 6.45) is 3.87. The van der Waals surface area contributed by atoms with Crippen molar-refractivity contribution in [2.75, 3.05) is 18.2 Å². The van der Waals surface area contributed by atoms with Crippen molar-refractivity contribution in [1.29, 1.82) is 0 Å². The van der Waals surface area contributed by atoms with Gasteiger partial charge in [0.2, 0.25) is 0 Å². The molecule has 0 bridgehead atoms. The van der Waals surface area contributed by atoms with Gasteiger partial charge in [-0.05, 0) is 63.1 Å². The maximum atomic E-state index is 13.8. The quantitative estimate of drug-likeness (QED) is 0.231. The van der Waals surface area contributed by atoms with Crippen LogP contribution in [0.5, 0.6) is 0 Å². The molecule has 1 atom stereocenters. The van der Waals surface area contributed by atoms with Gasteiger partial charge in [0.25, 0.3) is 23.6 Å². The first-order valence-corrected chi connectivity index (χ1v) is 13.7. The summed E-state index contributed by atoms with van der Waals surface area (Å²) in [4.78, 5) is 56.3. The topological polar surface area (TPSA) is 87.2 Å². The Labute approximate surface area is 228 Å². The third-order valence-corrected chi connectivity index (χ3v) is 7.45. The van der Waals surface area contributed by atoms with Crippen LogP contribution in [0.1, 0.15) is 94.3 Å². The SMILES string of the molecule is CCCCCCC(OCC)N1C(=O)c2ccc3c4c(ccc(c24)C1=O)C(=O)N(N(CC)c1ccccc1)C3=O. The van der Waals surface area contributed by atoms with E-state index < -0.39 is 29.9 Å². The predicted molar refractivity (Wildman–Crippen MR) is 149 cm³/mol. The standard InChI is InChI=1S/C31H33N3O5/c1-4-7-8-12-15-25(39-6-3)33-28(35)21-16-18-23-27-24(19-17-22(26(21)27)29(33)36)31(38)34(30(23)37)32(5-2)20-13-10-9-11-14-20/h9-11,13-14,16-19,25H,4-8,12,15H2,1-3H3. The van der Waals surface area contributed by atoms with E-state index in [0.717, 1.165) is 30.7 Å². The van der Waals surface area contributed by atoms with E-state index in [-0.39, 0.29) is 11.1 Å². The third kappa shape index (κ3) is 4.38. The molecule has 39 heavy (non-hydrogen) atoms. The Kier molecular flexibility index (Phi) is 7.48. The lowest BCUT2D eigenvalue weighted by Gasteiger charge is -2.38. The van der Waals surface area contributed by atoms with Crippen molar-refractivity contribution in [2.45, 2.75) is 59.1 Å². The zero-order chi connectivity index (χ0) is 27.7. The molecule has 0 N–H and O–H groups in total. The van der Waals surface area contributed by atoms with Gasteiger partial charge in [0, 0.05) is 35.1 Å². The van der Waals surface area contributed by atoms with Gasteiger partial charge in [-0.15, -0.1) is 0 Å². The molecule has 8 heteroatoms. The first-order chi connectivity index (χ1) is 18.9. The molecule has 5 rings (SSSR count). The van der Waals surface area contributed by atoms with Crippen molar-refractivity contribution in [3.8, 4) is 0 Å². The van der Waals surface area contributed by atoms with Gasteiger partial charge in [-0.1, -0.05) is 44.4 Å². The minimum atomic E-state index is -0.676. The second-order valence-electron chi connectivity index (χ2n) is 9.78. The Hall–Kier alpha value is -4.04. The van der Waals surface area contributed by atoms with Crippen LogP contribution in [0.4, 0.5) is 5.69 Å². The number of para-hydroxylation sites is 1. The van der Waals surface area contributed by atoms with E-state index in [9.17, 15) is 19.2 Å². The lowest BCUT2D eigenvalue weighted by molar-refractivity contribution is -0.0359. The Morgan fingerprint density at radius 2 is 1.23 bits per heavy atom. The number of carbonyl (C=O) groups excluding carboxylic acids is 4. The molecule has 1 unspecified atom stereocenters. The molecule has 3 aromatic carbocycles. The van der Waals surface area contributed by atoms with Crippen LogP contribution in [0.15, 0.2) is 54.6 Å². The number of hydrogen-bond acceptors (Lipinski definition) is 6. The van der Waals surface area contributed by atoms with Gasteiger partial charge < -0.3 is 4.74 Å². The van der Waals surface area contributed by atoms with Crippen molar-refractivity contribution >= 4 is 40.1 Å². The Bertz CT molecular complexity index is 1380. The van der Waals surface area contributed by atoms with Crippen LogP contribution in [0.2, 0.25) is 0 Å². The molecule has 8 nitrogen and oxygen atoms in total. The zero-order valence-electron chi connectivity index (χ0n) is 22.6. The molecular weight excluding hydrogens is 494 g/mol. The van der Waals surface area contributed by atoms with Crippen molar-refractivity contribution in [2.24, 2.45) is 0 Å². The van der Waals surface area contributed by atoms with Crippen LogP contribution in [-0.2, 0) is 4.74 Å². The number of hydrazine groups is 1. The smallest absolute Gasteiger partial charge is 0.280 e. The minimum absolute atomic E-state index is 0.287. The van der Waals surface area contributed by atoms with E-state index in [1.54, 1.807) is 29.3 Å². The summed E-state index contributed by atoms with van der Waals surface area (Å²) in [7, 11) is 0. The monoisotopic (exact) mass is 527 g/mol. The first kappa shape index (κ1) is 26.6. The molecule has 4 amide bonds. The largest absolute Gasteiger partial charge is 0.358 e. The molecule has 0 spiro atoms. The minimum Gasteiger partial charge on any atom is -0.358 e. The fourth-order valence-corrected chi connectivity index (χ4v) is 5.63. The number of imide groups is 2. The second kappa shape index (κ2) is 11.0. The van der Waals surface area contributed by atoms with Gasteiger partial charge in [0.05, 0.1) is 16.8 Å². The van der Waals surface area contributed by atoms with Crippen LogP contribution in [-0.4, -0.2) is 52.9 Å². The summed E-state index contributed by atoms with van der Waals surface area (Å²) in [6.45, 7) is 6.59. The predicted octanol–water partition coefficient (Wildman–Crippen LogP) is 5.81. The van der Waals surface area contributed by atoms with Gasteiger partial charge >= 0.3 is 0 Å². The number of unbranched alkanes of at least 4 members (excludes halogenated alkanes) is 3. The van der Waals surface area contributed by atoms with E-state index in [4.69, 9.17) is 4.74 Å². The normalized spacial score (nSPS) is 15.4. The van der Waals surface area contributed by atoms with E-state index in [2.05, 4.69) is 6.92 Å². The summed E-state index contributed by atoms with van der Waals surface area (Å²) in [5.41, 5.74) is 1.88. The molecule has 3 aromatic rings. The average Bonchev–Trinajstić information content (AvgIpc) is 2.95. The fraction of sp³-hybridized carbons (Fsp3) is 0.355. The number of rotatable bonds is 11. The van der Waals surface area contributed by atoms with E-state index in [1.165, 1.54) is 4.90 Å². The van der Waals surface area contributed by atoms with Gasteiger partial charge in [-0.2, -0.15) is 5.01 Å². The number of nitrogens with zero attached hydrogens (tertiary/aromatic N) is 3. The summed E-state index contributed by atoms with van der Waals surface area (Å²) >= 11 is 0. The summed E-state index contributed by atoms with van der Waals surface area (Å²) in [5.74, 6) is -1.92. The van der Waals surface area contributed by atoms with E-state index >= 15 is 0 Å². The molecule has 0 fully saturated rings. The fourth-order valence-electron chi connectivity index (χ4n) is 5.63. The number of hydrogen-bond donors (Lipinski definition) is 0. The lowest BCUT2D eigenvalue weighted by Crippen LogP contribution is -2.53. The molecule has 0 aliphatic carbocycles. The molecular formula is C31H33N3O5. The third-order valence-electron chi connectivity index (χ3n) is 7.45. The average molecular weight is 528 g/mol. The molecule has 2 heterocycles. The number of amides is 4. The zero-order valence-corrected chi connectivity index (χ0v) is 22.6. The summed E-state index contributed by atoms with van der Waals surface area (Å²) in [5, 5.41) is 3.50. The number of anilines is 1. The summed E-state index contributed by atoms with van der Waals surface area (Å²) in [6, 6.07) is 15.6. The molecule has 2 aliphatic rings. The first-order valence-electron chi connectivity index (χ1n) is 13.7. The van der Waals surface area contributed by atoms with Gasteiger partial charge in [0.15, 0.2) is 0 Å². The molecule has 2 aliphatic heterocycles. The second-order valence-corrected chi connectivity index (χ2v) is 9.78. The highest BCUT2D eigenvalue weighted by Gasteiger charge is 2.43. The summed E-state index contributed by atoms with van der Waals surface area (Å²) < 4.78 is 5.89. The maximum absolute atomic E-state index is 13.8. The molecule has 0 radical (unpaired) electrons. The van der Waals surface area contributed by atoms with E-state index in [1.807, 2.05) is 44.2 Å². The number of carbonyl (C=O) groups is 4. The van der Waals surface area contributed by atoms with Crippen LogP contribution in [0, 0.1) is 0 Å². The lowest BCUT2D eigenvalue weighted by atomic mass is 9.86. The molecule has 0 aromatic heterocycles. The van der Waals surface area contributed by atoms with Gasteiger partial charge in [0.1, 0.15) is 6.23 Å². The number of benzene rings is 3. The van der Waals surface area contributed by atoms with Crippen LogP contribution in [0.3, 0.4) is 0 Å². The van der Waals surface area contributed by atoms with E-state index in [0.29, 0.717) is 47.2 Å². The van der Waals surface area contributed by atoms with Crippen molar-refractivity contribution in [3.05, 3.63) is 76.9 Å². The van der Waals surface area contributed by atoms with Crippen LogP contribution < -0.4 is 5.01 Å². The highest BCUT2D eigenvalue weighted by Crippen LogP contribution is 2.39. The maximum Gasteiger partial charge on any atom is 0.280 e. The van der Waals surface area contributed by atoms with Crippen molar-refractivity contribution in [1.82, 2.24) is 9.91 Å². The Morgan fingerprint density at radius 1 is 0.692 bits per heavy atom.